The maximum Gasteiger partial charge on any atom is 0.325 e. The Morgan fingerprint density at radius 2 is 1.84 bits per heavy atom. The average Bonchev–Trinajstić information content (AvgIpc) is 2.80. The van der Waals surface area contributed by atoms with Gasteiger partial charge in [-0.3, -0.25) is 14.5 Å². The summed E-state index contributed by atoms with van der Waals surface area (Å²) in [5.74, 6) is 0.0514. The van der Waals surface area contributed by atoms with Crippen LogP contribution in [-0.4, -0.2) is 47.3 Å². The molecule has 2 aliphatic heterocycles. The molecule has 0 aliphatic carbocycles. The molecule has 2 fully saturated rings. The van der Waals surface area contributed by atoms with Gasteiger partial charge in [0.15, 0.2) is 0 Å². The van der Waals surface area contributed by atoms with Crippen LogP contribution in [0.15, 0.2) is 28.7 Å². The van der Waals surface area contributed by atoms with Gasteiger partial charge >= 0.3 is 6.03 Å². The number of carbonyl (C=O) groups excluding carboxylic acids is 3. The predicted molar refractivity (Wildman–Crippen MR) is 96.7 cm³/mol. The standard InChI is InChI=1S/C18H22BrN3O3/c1-12-7-9-21(10-8-12)15(23)11-22-16(24)18(2,20-17(22)25)13-3-5-14(19)6-4-13/h3-6,12H,7-11H2,1-2H3,(H,20,25)/t18-/m1/s1. The molecule has 6 nitrogen and oxygen atoms in total. The average molecular weight is 408 g/mol. The number of nitrogens with one attached hydrogen (secondary N) is 1. The van der Waals surface area contributed by atoms with Crippen LogP contribution in [0.4, 0.5) is 4.79 Å². The van der Waals surface area contributed by atoms with Crippen molar-refractivity contribution in [3.8, 4) is 0 Å². The Morgan fingerprint density at radius 3 is 2.44 bits per heavy atom. The second-order valence-electron chi connectivity index (χ2n) is 7.02. The Labute approximate surface area is 155 Å². The molecule has 2 saturated heterocycles. The maximum atomic E-state index is 12.9. The van der Waals surface area contributed by atoms with Crippen LogP contribution in [0.25, 0.3) is 0 Å². The zero-order chi connectivity index (χ0) is 18.2. The number of piperidine rings is 1. The Morgan fingerprint density at radius 1 is 1.24 bits per heavy atom. The van der Waals surface area contributed by atoms with E-state index in [1.807, 2.05) is 12.1 Å². The summed E-state index contributed by atoms with van der Waals surface area (Å²) in [5.41, 5.74) is -0.454. The van der Waals surface area contributed by atoms with Crippen LogP contribution in [0.2, 0.25) is 0 Å². The first-order valence-electron chi connectivity index (χ1n) is 8.49. The molecule has 1 aromatic rings. The fourth-order valence-electron chi connectivity index (χ4n) is 3.31. The lowest BCUT2D eigenvalue weighted by atomic mass is 9.92. The van der Waals surface area contributed by atoms with Gasteiger partial charge < -0.3 is 10.2 Å². The van der Waals surface area contributed by atoms with E-state index in [-0.39, 0.29) is 12.5 Å². The first kappa shape index (κ1) is 17.9. The SMILES string of the molecule is CC1CCN(C(=O)CN2C(=O)N[C@](C)(c3ccc(Br)cc3)C2=O)CC1. The fourth-order valence-corrected chi connectivity index (χ4v) is 3.58. The van der Waals surface area contributed by atoms with Crippen molar-refractivity contribution in [2.45, 2.75) is 32.2 Å². The van der Waals surface area contributed by atoms with E-state index in [1.54, 1.807) is 24.0 Å². The third kappa shape index (κ3) is 3.42. The monoisotopic (exact) mass is 407 g/mol. The van der Waals surface area contributed by atoms with Crippen LogP contribution in [0, 0.1) is 5.92 Å². The quantitative estimate of drug-likeness (QED) is 0.782. The van der Waals surface area contributed by atoms with Gasteiger partial charge in [0, 0.05) is 17.6 Å². The highest BCUT2D eigenvalue weighted by Gasteiger charge is 2.49. The molecule has 4 amide bonds. The number of hydrogen-bond donors (Lipinski definition) is 1. The van der Waals surface area contributed by atoms with Gasteiger partial charge in [0.1, 0.15) is 12.1 Å². The van der Waals surface area contributed by atoms with Crippen molar-refractivity contribution >= 4 is 33.8 Å². The summed E-state index contributed by atoms with van der Waals surface area (Å²) in [7, 11) is 0. The largest absolute Gasteiger partial charge is 0.341 e. The lowest BCUT2D eigenvalue weighted by Crippen LogP contribution is -2.46. The summed E-state index contributed by atoms with van der Waals surface area (Å²) in [5, 5.41) is 2.73. The number of carbonyl (C=O) groups is 3. The van der Waals surface area contributed by atoms with Crippen molar-refractivity contribution in [3.05, 3.63) is 34.3 Å². The Kier molecular flexibility index (Phi) is 4.86. The predicted octanol–water partition coefficient (Wildman–Crippen LogP) is 2.47. The van der Waals surface area contributed by atoms with E-state index in [2.05, 4.69) is 28.2 Å². The van der Waals surface area contributed by atoms with Gasteiger partial charge in [-0.2, -0.15) is 0 Å². The highest BCUT2D eigenvalue weighted by atomic mass is 79.9. The van der Waals surface area contributed by atoms with Gasteiger partial charge in [-0.05, 0) is 43.4 Å². The van der Waals surface area contributed by atoms with Gasteiger partial charge in [0.05, 0.1) is 0 Å². The van der Waals surface area contributed by atoms with Gasteiger partial charge in [0.2, 0.25) is 5.91 Å². The molecular formula is C18H22BrN3O3. The van der Waals surface area contributed by atoms with Crippen LogP contribution in [-0.2, 0) is 15.1 Å². The molecular weight excluding hydrogens is 386 g/mol. The van der Waals surface area contributed by atoms with Crippen molar-refractivity contribution in [3.63, 3.8) is 0 Å². The van der Waals surface area contributed by atoms with E-state index < -0.39 is 17.5 Å². The van der Waals surface area contributed by atoms with Gasteiger partial charge in [-0.1, -0.05) is 35.0 Å². The number of nitrogens with zero attached hydrogens (tertiary/aromatic N) is 2. The smallest absolute Gasteiger partial charge is 0.325 e. The van der Waals surface area contributed by atoms with E-state index in [0.717, 1.165) is 22.2 Å². The van der Waals surface area contributed by atoms with Gasteiger partial charge in [0.25, 0.3) is 5.91 Å². The van der Waals surface area contributed by atoms with E-state index in [4.69, 9.17) is 0 Å². The Bertz CT molecular complexity index is 698. The highest BCUT2D eigenvalue weighted by molar-refractivity contribution is 9.10. The van der Waals surface area contributed by atoms with Crippen molar-refractivity contribution in [1.29, 1.82) is 0 Å². The summed E-state index contributed by atoms with van der Waals surface area (Å²) in [6, 6.07) is 6.71. The summed E-state index contributed by atoms with van der Waals surface area (Å²) < 4.78 is 0.892. The van der Waals surface area contributed by atoms with Gasteiger partial charge in [-0.25, -0.2) is 4.79 Å². The molecule has 1 N–H and O–H groups in total. The van der Waals surface area contributed by atoms with E-state index >= 15 is 0 Å². The van der Waals surface area contributed by atoms with E-state index in [9.17, 15) is 14.4 Å². The molecule has 0 bridgehead atoms. The Hall–Kier alpha value is -1.89. The van der Waals surface area contributed by atoms with Crippen LogP contribution in [0.1, 0.15) is 32.3 Å². The van der Waals surface area contributed by atoms with Crippen LogP contribution < -0.4 is 5.32 Å². The minimum Gasteiger partial charge on any atom is -0.341 e. The number of rotatable bonds is 3. The number of hydrogen-bond acceptors (Lipinski definition) is 3. The molecule has 25 heavy (non-hydrogen) atoms. The Balaban J connectivity index is 1.73. The number of amides is 4. The van der Waals surface area contributed by atoms with Gasteiger partial charge in [-0.15, -0.1) is 0 Å². The zero-order valence-corrected chi connectivity index (χ0v) is 16.0. The lowest BCUT2D eigenvalue weighted by Gasteiger charge is -2.31. The molecule has 1 aromatic carbocycles. The maximum absolute atomic E-state index is 12.9. The summed E-state index contributed by atoms with van der Waals surface area (Å²) in [4.78, 5) is 40.4. The first-order chi connectivity index (χ1) is 11.8. The normalized spacial score (nSPS) is 24.6. The number of likely N-dealkylation sites (tertiary alicyclic amines) is 1. The molecule has 0 radical (unpaired) electrons. The molecule has 0 saturated carbocycles. The van der Waals surface area contributed by atoms with Crippen molar-refractivity contribution in [2.24, 2.45) is 5.92 Å². The lowest BCUT2D eigenvalue weighted by molar-refractivity contribution is -0.139. The molecule has 2 aliphatic rings. The first-order valence-corrected chi connectivity index (χ1v) is 9.28. The summed E-state index contributed by atoms with van der Waals surface area (Å²) >= 11 is 3.36. The second kappa shape index (κ2) is 6.78. The zero-order valence-electron chi connectivity index (χ0n) is 14.4. The molecule has 1 atom stereocenters. The van der Waals surface area contributed by atoms with E-state index in [1.165, 1.54) is 0 Å². The minimum absolute atomic E-state index is 0.171. The summed E-state index contributed by atoms with van der Waals surface area (Å²) in [6.45, 7) is 5.01. The number of benzene rings is 1. The summed E-state index contributed by atoms with van der Waals surface area (Å²) in [6.07, 6.45) is 1.92. The number of halogens is 1. The highest BCUT2D eigenvalue weighted by Crippen LogP contribution is 2.29. The third-order valence-corrected chi connectivity index (χ3v) is 5.65. The molecule has 0 aromatic heterocycles. The molecule has 3 rings (SSSR count). The molecule has 2 heterocycles. The molecule has 7 heteroatoms. The van der Waals surface area contributed by atoms with Crippen LogP contribution >= 0.6 is 15.9 Å². The van der Waals surface area contributed by atoms with Crippen molar-refractivity contribution < 1.29 is 14.4 Å². The minimum atomic E-state index is -1.14. The van der Waals surface area contributed by atoms with Crippen LogP contribution in [0.5, 0.6) is 0 Å². The molecule has 0 spiro atoms. The molecule has 134 valence electrons. The second-order valence-corrected chi connectivity index (χ2v) is 7.93. The van der Waals surface area contributed by atoms with Crippen molar-refractivity contribution in [2.75, 3.05) is 19.6 Å². The van der Waals surface area contributed by atoms with Crippen molar-refractivity contribution in [1.82, 2.24) is 15.1 Å². The number of imide groups is 1. The number of urea groups is 1. The van der Waals surface area contributed by atoms with Crippen LogP contribution in [0.3, 0.4) is 0 Å². The fraction of sp³-hybridized carbons (Fsp3) is 0.500. The molecule has 0 unspecified atom stereocenters. The third-order valence-electron chi connectivity index (χ3n) is 5.13. The van der Waals surface area contributed by atoms with E-state index in [0.29, 0.717) is 24.6 Å². The topological polar surface area (TPSA) is 69.7 Å².